The van der Waals surface area contributed by atoms with Gasteiger partial charge in [-0.15, -0.1) is 0 Å². The molecule has 176 valence electrons. The van der Waals surface area contributed by atoms with Crippen molar-refractivity contribution in [2.75, 3.05) is 11.4 Å². The van der Waals surface area contributed by atoms with Crippen LogP contribution in [0.25, 0.3) is 0 Å². The highest BCUT2D eigenvalue weighted by Gasteiger charge is 2.40. The monoisotopic (exact) mass is 465 g/mol. The molecule has 1 aromatic rings. The highest BCUT2D eigenvalue weighted by atomic mass is 16.7. The number of unbranched alkanes of at least 4 members (excludes halogenated alkanes) is 1. The molecule has 0 N–H and O–H groups in total. The zero-order valence-corrected chi connectivity index (χ0v) is 20.6. The van der Waals surface area contributed by atoms with Crippen molar-refractivity contribution in [3.05, 3.63) is 75.9 Å². The molecule has 2 heterocycles. The van der Waals surface area contributed by atoms with Gasteiger partial charge in [0.1, 0.15) is 24.3 Å². The van der Waals surface area contributed by atoms with Crippen LogP contribution in [0.15, 0.2) is 70.4 Å². The number of fused-ring (bicyclic) bond motifs is 1. The number of allylic oxidation sites excluding steroid dienone is 5. The Morgan fingerprint density at radius 2 is 1.43 bits per heavy atom. The molecular formula is C28H27N5O2. The van der Waals surface area contributed by atoms with Gasteiger partial charge < -0.3 is 14.4 Å². The van der Waals surface area contributed by atoms with E-state index in [0.717, 1.165) is 30.8 Å². The highest BCUT2D eigenvalue weighted by Crippen LogP contribution is 2.48. The van der Waals surface area contributed by atoms with Gasteiger partial charge in [0.15, 0.2) is 22.7 Å². The van der Waals surface area contributed by atoms with Crippen LogP contribution in [-0.2, 0) is 14.9 Å². The van der Waals surface area contributed by atoms with E-state index in [4.69, 9.17) is 9.47 Å². The molecule has 7 heteroatoms. The van der Waals surface area contributed by atoms with E-state index in [1.54, 1.807) is 19.9 Å². The second kappa shape index (κ2) is 9.80. The number of benzene rings is 1. The number of ether oxygens (including phenoxy) is 2. The normalized spacial score (nSPS) is 18.3. The van der Waals surface area contributed by atoms with Crippen LogP contribution in [0.2, 0.25) is 0 Å². The lowest BCUT2D eigenvalue weighted by Crippen LogP contribution is -2.34. The van der Waals surface area contributed by atoms with Gasteiger partial charge in [-0.05, 0) is 30.2 Å². The van der Waals surface area contributed by atoms with Crippen LogP contribution in [0.3, 0.4) is 0 Å². The van der Waals surface area contributed by atoms with E-state index in [2.05, 4.69) is 37.8 Å². The second-order valence-electron chi connectivity index (χ2n) is 9.24. The molecule has 0 saturated carbocycles. The summed E-state index contributed by atoms with van der Waals surface area (Å²) in [6, 6.07) is 15.7. The van der Waals surface area contributed by atoms with E-state index in [1.165, 1.54) is 5.56 Å². The van der Waals surface area contributed by atoms with Crippen molar-refractivity contribution in [3.8, 4) is 24.3 Å². The Bertz CT molecular complexity index is 1240. The van der Waals surface area contributed by atoms with E-state index in [1.807, 2.05) is 42.5 Å². The van der Waals surface area contributed by atoms with Gasteiger partial charge in [-0.1, -0.05) is 45.4 Å². The summed E-state index contributed by atoms with van der Waals surface area (Å²) in [5.74, 6) is -1.33. The molecule has 2 aliphatic rings. The fourth-order valence-corrected chi connectivity index (χ4v) is 4.36. The SMILES string of the molecule is CCCCN1/C(=C/C=C2C(=C(C#N)C#N)OC(C)(C)OC2=C(C#N)C#N)C(C)(C)c2ccccc21. The highest BCUT2D eigenvalue weighted by molar-refractivity contribution is 5.71. The van der Waals surface area contributed by atoms with Crippen LogP contribution in [-0.4, -0.2) is 12.3 Å². The average Bonchev–Trinajstić information content (AvgIpc) is 3.04. The maximum Gasteiger partial charge on any atom is 0.246 e. The number of hydrogen-bond acceptors (Lipinski definition) is 7. The largest absolute Gasteiger partial charge is 0.450 e. The molecule has 7 nitrogen and oxygen atoms in total. The number of para-hydroxylation sites is 1. The number of rotatable bonds is 4. The Kier molecular flexibility index (Phi) is 7.05. The first kappa shape index (κ1) is 25.2. The Morgan fingerprint density at radius 3 is 1.94 bits per heavy atom. The topological polar surface area (TPSA) is 117 Å². The summed E-state index contributed by atoms with van der Waals surface area (Å²) in [5.41, 5.74) is 2.67. The van der Waals surface area contributed by atoms with Gasteiger partial charge >= 0.3 is 0 Å². The summed E-state index contributed by atoms with van der Waals surface area (Å²) in [6.07, 6.45) is 5.60. The van der Waals surface area contributed by atoms with Gasteiger partial charge in [-0.3, -0.25) is 0 Å². The summed E-state index contributed by atoms with van der Waals surface area (Å²) < 4.78 is 11.7. The van der Waals surface area contributed by atoms with Crippen LogP contribution >= 0.6 is 0 Å². The molecule has 0 bridgehead atoms. The zero-order chi connectivity index (χ0) is 25.8. The van der Waals surface area contributed by atoms with Crippen LogP contribution in [0.5, 0.6) is 0 Å². The summed E-state index contributed by atoms with van der Waals surface area (Å²) in [4.78, 5) is 2.27. The number of nitrogens with zero attached hydrogens (tertiary/aromatic N) is 5. The van der Waals surface area contributed by atoms with E-state index in [-0.39, 0.29) is 33.7 Å². The lowest BCUT2D eigenvalue weighted by Gasteiger charge is -2.36. The Morgan fingerprint density at radius 1 is 0.886 bits per heavy atom. The van der Waals surface area contributed by atoms with Crippen LogP contribution in [0, 0.1) is 45.3 Å². The Hall–Kier alpha value is -4.46. The number of hydrogen-bond donors (Lipinski definition) is 0. The number of nitriles is 4. The third kappa shape index (κ3) is 4.63. The van der Waals surface area contributed by atoms with E-state index in [0.29, 0.717) is 0 Å². The first-order valence-electron chi connectivity index (χ1n) is 11.4. The quantitative estimate of drug-likeness (QED) is 0.517. The molecule has 0 radical (unpaired) electrons. The third-order valence-electron chi connectivity index (χ3n) is 6.03. The molecular weight excluding hydrogens is 438 g/mol. The summed E-state index contributed by atoms with van der Waals surface area (Å²) in [7, 11) is 0. The fourth-order valence-electron chi connectivity index (χ4n) is 4.36. The predicted molar refractivity (Wildman–Crippen MR) is 131 cm³/mol. The van der Waals surface area contributed by atoms with Crippen molar-refractivity contribution in [1.82, 2.24) is 0 Å². The Labute approximate surface area is 206 Å². The molecule has 1 fully saturated rings. The Balaban J connectivity index is 2.30. The van der Waals surface area contributed by atoms with Crippen LogP contribution in [0.1, 0.15) is 53.0 Å². The molecule has 0 spiro atoms. The summed E-state index contributed by atoms with van der Waals surface area (Å²) in [6.45, 7) is 10.4. The van der Waals surface area contributed by atoms with Gasteiger partial charge in [0.05, 0.1) is 5.57 Å². The standard InChI is InChI=1S/C28H27N5O2/c1-6-7-14-33-23-11-9-8-10-22(23)27(2,3)24(33)13-12-21-25(19(15-29)16-30)34-28(4,5)35-26(21)20(17-31)18-32/h8-13H,6-7,14H2,1-5H3/b24-13+. The van der Waals surface area contributed by atoms with E-state index < -0.39 is 5.79 Å². The maximum atomic E-state index is 9.58. The molecule has 1 aromatic carbocycles. The van der Waals surface area contributed by atoms with Crippen molar-refractivity contribution in [1.29, 1.82) is 21.0 Å². The number of anilines is 1. The van der Waals surface area contributed by atoms with Crippen molar-refractivity contribution in [2.24, 2.45) is 0 Å². The van der Waals surface area contributed by atoms with Crippen LogP contribution < -0.4 is 4.90 Å². The molecule has 0 aromatic heterocycles. The first-order valence-corrected chi connectivity index (χ1v) is 11.4. The van der Waals surface area contributed by atoms with Gasteiger partial charge in [-0.25, -0.2) is 0 Å². The lowest BCUT2D eigenvalue weighted by molar-refractivity contribution is -0.176. The zero-order valence-electron chi connectivity index (χ0n) is 20.6. The minimum Gasteiger partial charge on any atom is -0.450 e. The minimum atomic E-state index is -1.29. The average molecular weight is 466 g/mol. The van der Waals surface area contributed by atoms with Crippen molar-refractivity contribution in [3.63, 3.8) is 0 Å². The van der Waals surface area contributed by atoms with Gasteiger partial charge in [0, 0.05) is 37.2 Å². The van der Waals surface area contributed by atoms with Crippen molar-refractivity contribution in [2.45, 2.75) is 58.7 Å². The molecule has 0 amide bonds. The van der Waals surface area contributed by atoms with Crippen LogP contribution in [0.4, 0.5) is 5.69 Å². The van der Waals surface area contributed by atoms with Gasteiger partial charge in [-0.2, -0.15) is 21.0 Å². The predicted octanol–water partition coefficient (Wildman–Crippen LogP) is 5.78. The van der Waals surface area contributed by atoms with Gasteiger partial charge in [0.2, 0.25) is 5.79 Å². The lowest BCUT2D eigenvalue weighted by atomic mass is 9.83. The van der Waals surface area contributed by atoms with Crippen molar-refractivity contribution >= 4 is 5.69 Å². The molecule has 0 aliphatic carbocycles. The maximum absolute atomic E-state index is 9.58. The van der Waals surface area contributed by atoms with Gasteiger partial charge in [0.25, 0.3) is 0 Å². The molecule has 3 rings (SSSR count). The minimum absolute atomic E-state index is 0.0190. The summed E-state index contributed by atoms with van der Waals surface area (Å²) >= 11 is 0. The van der Waals surface area contributed by atoms with Crippen molar-refractivity contribution < 1.29 is 9.47 Å². The summed E-state index contributed by atoms with van der Waals surface area (Å²) in [5, 5.41) is 38.3. The first-order chi connectivity index (χ1) is 16.6. The fraction of sp³-hybridized carbons (Fsp3) is 0.357. The smallest absolute Gasteiger partial charge is 0.246 e. The molecule has 2 aliphatic heterocycles. The molecule has 35 heavy (non-hydrogen) atoms. The molecule has 0 atom stereocenters. The van der Waals surface area contributed by atoms with E-state index >= 15 is 0 Å². The second-order valence-corrected chi connectivity index (χ2v) is 9.24. The third-order valence-corrected chi connectivity index (χ3v) is 6.03. The molecule has 0 unspecified atom stereocenters. The van der Waals surface area contributed by atoms with E-state index in [9.17, 15) is 21.0 Å². The molecule has 1 saturated heterocycles.